The number of anilines is 1. The van der Waals surface area contributed by atoms with Gasteiger partial charge in [-0.25, -0.2) is 8.42 Å². The molecule has 1 unspecified atom stereocenters. The first-order chi connectivity index (χ1) is 8.89. The number of benzene rings is 1. The predicted molar refractivity (Wildman–Crippen MR) is 87.2 cm³/mol. The van der Waals surface area contributed by atoms with Crippen LogP contribution in [-0.4, -0.2) is 25.8 Å². The zero-order valence-electron chi connectivity index (χ0n) is 12.9. The van der Waals surface area contributed by atoms with Crippen LogP contribution in [-0.2, 0) is 10.0 Å². The summed E-state index contributed by atoms with van der Waals surface area (Å²) in [5, 5.41) is 0. The summed E-state index contributed by atoms with van der Waals surface area (Å²) in [5.74, 6) is 0. The molecule has 0 heterocycles. The zero-order valence-corrected chi connectivity index (χ0v) is 15.3. The number of nitrogen functional groups attached to an aromatic ring is 1. The number of hydrogen-bond donors (Lipinski definition) is 1. The number of rotatable bonds is 3. The normalized spacial score (nSPS) is 14.6. The molecule has 0 spiro atoms. The summed E-state index contributed by atoms with van der Waals surface area (Å²) < 4.78 is 27.7. The molecule has 0 saturated carbocycles. The average Bonchev–Trinajstić information content (AvgIpc) is 2.30. The Labute approximate surface area is 130 Å². The fourth-order valence-corrected chi connectivity index (χ4v) is 4.30. The molecule has 1 rings (SSSR count). The summed E-state index contributed by atoms with van der Waals surface area (Å²) in [6.45, 7) is 9.70. The van der Waals surface area contributed by atoms with E-state index in [-0.39, 0.29) is 16.4 Å². The summed E-state index contributed by atoms with van der Waals surface area (Å²) in [5.41, 5.74) is 6.77. The Bertz CT molecular complexity index is 606. The van der Waals surface area contributed by atoms with Crippen molar-refractivity contribution in [2.45, 2.75) is 45.6 Å². The van der Waals surface area contributed by atoms with Gasteiger partial charge in [0, 0.05) is 23.2 Å². The topological polar surface area (TPSA) is 63.4 Å². The van der Waals surface area contributed by atoms with Crippen LogP contribution in [0.5, 0.6) is 0 Å². The Morgan fingerprint density at radius 2 is 1.80 bits per heavy atom. The molecule has 0 bridgehead atoms. The second kappa shape index (κ2) is 5.66. The van der Waals surface area contributed by atoms with Gasteiger partial charge in [0.2, 0.25) is 10.0 Å². The lowest BCUT2D eigenvalue weighted by Gasteiger charge is -2.34. The van der Waals surface area contributed by atoms with Crippen LogP contribution >= 0.6 is 15.9 Å². The van der Waals surface area contributed by atoms with Crippen LogP contribution in [0.1, 0.15) is 33.3 Å². The van der Waals surface area contributed by atoms with E-state index in [0.717, 1.165) is 0 Å². The first-order valence-corrected chi connectivity index (χ1v) is 8.66. The molecule has 20 heavy (non-hydrogen) atoms. The fraction of sp³-hybridized carbons (Fsp3) is 0.571. The average molecular weight is 363 g/mol. The molecule has 0 fully saturated rings. The maximum absolute atomic E-state index is 12.8. The summed E-state index contributed by atoms with van der Waals surface area (Å²) in [6, 6.07) is 3.18. The third kappa shape index (κ3) is 3.35. The monoisotopic (exact) mass is 362 g/mol. The van der Waals surface area contributed by atoms with E-state index in [4.69, 9.17) is 5.73 Å². The van der Waals surface area contributed by atoms with Gasteiger partial charge in [-0.2, -0.15) is 4.31 Å². The van der Waals surface area contributed by atoms with Crippen molar-refractivity contribution >= 4 is 31.6 Å². The van der Waals surface area contributed by atoms with Crippen LogP contribution in [0.25, 0.3) is 0 Å². The molecular weight excluding hydrogens is 340 g/mol. The minimum absolute atomic E-state index is 0.132. The number of halogens is 1. The van der Waals surface area contributed by atoms with Crippen LogP contribution in [0, 0.1) is 12.3 Å². The molecule has 6 heteroatoms. The van der Waals surface area contributed by atoms with E-state index in [2.05, 4.69) is 15.9 Å². The molecule has 0 aliphatic heterocycles. The van der Waals surface area contributed by atoms with Crippen LogP contribution in [0.15, 0.2) is 21.5 Å². The van der Waals surface area contributed by atoms with Crippen LogP contribution in [0.4, 0.5) is 5.69 Å². The summed E-state index contributed by atoms with van der Waals surface area (Å²) in [4.78, 5) is 0.253. The maximum atomic E-state index is 12.8. The first-order valence-electron chi connectivity index (χ1n) is 6.42. The number of hydrogen-bond acceptors (Lipinski definition) is 3. The highest BCUT2D eigenvalue weighted by molar-refractivity contribution is 9.10. The fourth-order valence-electron chi connectivity index (χ4n) is 1.85. The lowest BCUT2D eigenvalue weighted by molar-refractivity contribution is 0.216. The second-order valence-electron chi connectivity index (χ2n) is 6.18. The molecule has 0 amide bonds. The lowest BCUT2D eigenvalue weighted by atomic mass is 9.88. The van der Waals surface area contributed by atoms with Gasteiger partial charge in [0.25, 0.3) is 0 Å². The van der Waals surface area contributed by atoms with Crippen molar-refractivity contribution in [3.05, 3.63) is 22.2 Å². The molecule has 114 valence electrons. The Hall–Kier alpha value is -0.590. The summed E-state index contributed by atoms with van der Waals surface area (Å²) in [6.07, 6.45) is 0. The Kier molecular flexibility index (Phi) is 4.94. The van der Waals surface area contributed by atoms with E-state index in [1.165, 1.54) is 4.31 Å². The first kappa shape index (κ1) is 17.5. The van der Waals surface area contributed by atoms with Crippen LogP contribution in [0.2, 0.25) is 0 Å². The Morgan fingerprint density at radius 3 is 2.25 bits per heavy atom. The van der Waals surface area contributed by atoms with Gasteiger partial charge in [-0.05, 0) is 37.0 Å². The predicted octanol–water partition coefficient (Wildman–Crippen LogP) is 3.39. The molecule has 2 N–H and O–H groups in total. The Balaban J connectivity index is 3.38. The van der Waals surface area contributed by atoms with Crippen molar-refractivity contribution in [2.75, 3.05) is 12.8 Å². The third-order valence-electron chi connectivity index (χ3n) is 3.82. The third-order valence-corrected chi connectivity index (χ3v) is 6.33. The Morgan fingerprint density at radius 1 is 1.30 bits per heavy atom. The van der Waals surface area contributed by atoms with Crippen molar-refractivity contribution in [3.63, 3.8) is 0 Å². The summed E-state index contributed by atoms with van der Waals surface area (Å²) >= 11 is 3.30. The van der Waals surface area contributed by atoms with Crippen molar-refractivity contribution in [1.82, 2.24) is 4.31 Å². The molecule has 0 aromatic heterocycles. The van der Waals surface area contributed by atoms with E-state index in [9.17, 15) is 8.42 Å². The quantitative estimate of drug-likeness (QED) is 0.838. The van der Waals surface area contributed by atoms with E-state index in [0.29, 0.717) is 15.7 Å². The van der Waals surface area contributed by atoms with Gasteiger partial charge in [-0.1, -0.05) is 36.7 Å². The molecule has 1 aromatic carbocycles. The number of sulfonamides is 1. The van der Waals surface area contributed by atoms with Crippen molar-refractivity contribution < 1.29 is 8.42 Å². The van der Waals surface area contributed by atoms with Crippen molar-refractivity contribution in [2.24, 2.45) is 5.41 Å². The smallest absolute Gasteiger partial charge is 0.243 e. The molecule has 0 aliphatic carbocycles. The highest BCUT2D eigenvalue weighted by atomic mass is 79.9. The number of nitrogens with two attached hydrogens (primary N) is 1. The standard InChI is InChI=1S/C14H23BrN2O2S/c1-9-12(16)7-11(15)8-13(9)20(18,19)17(6)10(2)14(3,4)5/h7-8,10H,16H2,1-6H3. The zero-order chi connectivity index (χ0) is 15.9. The molecule has 0 saturated heterocycles. The second-order valence-corrected chi connectivity index (χ2v) is 9.06. The van der Waals surface area contributed by atoms with Crippen LogP contribution in [0.3, 0.4) is 0 Å². The number of nitrogens with zero attached hydrogens (tertiary/aromatic N) is 1. The molecule has 1 aromatic rings. The highest BCUT2D eigenvalue weighted by Crippen LogP contribution is 2.32. The van der Waals surface area contributed by atoms with Gasteiger partial charge in [-0.15, -0.1) is 0 Å². The van der Waals surface area contributed by atoms with E-state index >= 15 is 0 Å². The van der Waals surface area contributed by atoms with E-state index in [1.807, 2.05) is 27.7 Å². The van der Waals surface area contributed by atoms with E-state index in [1.54, 1.807) is 26.1 Å². The largest absolute Gasteiger partial charge is 0.398 e. The maximum Gasteiger partial charge on any atom is 0.243 e. The summed E-state index contributed by atoms with van der Waals surface area (Å²) in [7, 11) is -1.96. The van der Waals surface area contributed by atoms with Crippen molar-refractivity contribution in [1.29, 1.82) is 0 Å². The van der Waals surface area contributed by atoms with Gasteiger partial charge in [-0.3, -0.25) is 0 Å². The highest BCUT2D eigenvalue weighted by Gasteiger charge is 2.33. The lowest BCUT2D eigenvalue weighted by Crippen LogP contribution is -2.43. The van der Waals surface area contributed by atoms with Gasteiger partial charge in [0.05, 0.1) is 4.90 Å². The van der Waals surface area contributed by atoms with Gasteiger partial charge in [0.1, 0.15) is 0 Å². The molecule has 0 radical (unpaired) electrons. The van der Waals surface area contributed by atoms with Gasteiger partial charge < -0.3 is 5.73 Å². The minimum atomic E-state index is -3.57. The van der Waals surface area contributed by atoms with Crippen LogP contribution < -0.4 is 5.73 Å². The van der Waals surface area contributed by atoms with Crippen molar-refractivity contribution in [3.8, 4) is 0 Å². The molecular formula is C14H23BrN2O2S. The van der Waals surface area contributed by atoms with Gasteiger partial charge >= 0.3 is 0 Å². The molecule has 0 aliphatic rings. The minimum Gasteiger partial charge on any atom is -0.398 e. The molecule has 4 nitrogen and oxygen atoms in total. The molecule has 1 atom stereocenters. The van der Waals surface area contributed by atoms with Gasteiger partial charge in [0.15, 0.2) is 0 Å². The van der Waals surface area contributed by atoms with E-state index < -0.39 is 10.0 Å². The SMILES string of the molecule is Cc1c(N)cc(Br)cc1S(=O)(=O)N(C)C(C)C(C)(C)C.